The molecule has 0 aliphatic rings. The molecule has 1 heterocycles. The molecule has 0 unspecified atom stereocenters. The van der Waals surface area contributed by atoms with Crippen LogP contribution >= 0.6 is 11.6 Å². The lowest BCUT2D eigenvalue weighted by Crippen LogP contribution is -2.26. The lowest BCUT2D eigenvalue weighted by Gasteiger charge is -2.18. The summed E-state index contributed by atoms with van der Waals surface area (Å²) >= 11 is 5.99. The molecule has 4 nitrogen and oxygen atoms in total. The van der Waals surface area contributed by atoms with Crippen LogP contribution in [0.5, 0.6) is 5.75 Å². The van der Waals surface area contributed by atoms with Crippen LogP contribution < -0.4 is 4.90 Å². The van der Waals surface area contributed by atoms with E-state index in [1.165, 1.54) is 17.0 Å². The van der Waals surface area contributed by atoms with Gasteiger partial charge in [-0.25, -0.2) is 4.98 Å². The predicted molar refractivity (Wildman–Crippen MR) is 84.2 cm³/mol. The highest BCUT2D eigenvalue weighted by atomic mass is 35.5. The van der Waals surface area contributed by atoms with Crippen molar-refractivity contribution in [3.8, 4) is 5.75 Å². The highest BCUT2D eigenvalue weighted by molar-refractivity contribution is 6.29. The van der Waals surface area contributed by atoms with E-state index in [0.717, 1.165) is 5.69 Å². The molecule has 0 aliphatic heterocycles. The minimum atomic E-state index is -0.174. The van der Waals surface area contributed by atoms with Gasteiger partial charge in [0.05, 0.1) is 0 Å². The average molecular weight is 305 g/mol. The van der Waals surface area contributed by atoms with Crippen molar-refractivity contribution in [2.75, 3.05) is 11.9 Å². The van der Waals surface area contributed by atoms with Crippen LogP contribution in [0.25, 0.3) is 0 Å². The van der Waals surface area contributed by atoms with Crippen molar-refractivity contribution in [2.24, 2.45) is 0 Å². The molecule has 1 amide bonds. The van der Waals surface area contributed by atoms with Crippen molar-refractivity contribution < 1.29 is 9.90 Å². The van der Waals surface area contributed by atoms with Crippen molar-refractivity contribution in [2.45, 2.75) is 19.8 Å². The van der Waals surface area contributed by atoms with Gasteiger partial charge in [0.25, 0.3) is 5.91 Å². The highest BCUT2D eigenvalue weighted by Crippen LogP contribution is 2.22. The molecule has 1 aromatic carbocycles. The molecule has 21 heavy (non-hydrogen) atoms. The van der Waals surface area contributed by atoms with Gasteiger partial charge < -0.3 is 10.0 Å². The number of aromatic hydroxyl groups is 1. The van der Waals surface area contributed by atoms with Gasteiger partial charge in [-0.2, -0.15) is 0 Å². The summed E-state index contributed by atoms with van der Waals surface area (Å²) in [5, 5.41) is 9.61. The Balaban J connectivity index is 2.33. The Morgan fingerprint density at radius 3 is 2.43 bits per heavy atom. The fourth-order valence-corrected chi connectivity index (χ4v) is 2.14. The molecule has 0 spiro atoms. The number of rotatable bonds is 3. The lowest BCUT2D eigenvalue weighted by molar-refractivity contribution is 0.0992. The number of benzene rings is 1. The first-order valence-corrected chi connectivity index (χ1v) is 7.01. The quantitative estimate of drug-likeness (QED) is 0.877. The van der Waals surface area contributed by atoms with Crippen LogP contribution in [0.2, 0.25) is 5.15 Å². The van der Waals surface area contributed by atoms with E-state index in [-0.39, 0.29) is 17.6 Å². The van der Waals surface area contributed by atoms with E-state index in [4.69, 9.17) is 11.6 Å². The van der Waals surface area contributed by atoms with Gasteiger partial charge in [0.1, 0.15) is 10.9 Å². The van der Waals surface area contributed by atoms with E-state index in [1.807, 2.05) is 13.8 Å². The van der Waals surface area contributed by atoms with Gasteiger partial charge in [-0.3, -0.25) is 4.79 Å². The van der Waals surface area contributed by atoms with E-state index in [0.29, 0.717) is 16.4 Å². The molecule has 0 aliphatic carbocycles. The Kier molecular flexibility index (Phi) is 4.48. The van der Waals surface area contributed by atoms with Gasteiger partial charge in [0, 0.05) is 24.0 Å². The predicted octanol–water partition coefficient (Wildman–Crippen LogP) is 3.84. The number of hydrogen-bond acceptors (Lipinski definition) is 3. The molecule has 0 radical (unpaired) electrons. The molecule has 1 N–H and O–H groups in total. The molecule has 5 heteroatoms. The second-order valence-corrected chi connectivity index (χ2v) is 5.53. The second-order valence-electron chi connectivity index (χ2n) is 5.14. The van der Waals surface area contributed by atoms with E-state index in [2.05, 4.69) is 4.98 Å². The highest BCUT2D eigenvalue weighted by Gasteiger charge is 2.16. The molecule has 2 aromatic rings. The zero-order chi connectivity index (χ0) is 15.6. The first-order valence-electron chi connectivity index (χ1n) is 6.63. The number of pyridine rings is 1. The number of halogens is 1. The van der Waals surface area contributed by atoms with Gasteiger partial charge >= 0.3 is 0 Å². The van der Waals surface area contributed by atoms with Crippen molar-refractivity contribution in [3.05, 3.63) is 52.8 Å². The fraction of sp³-hybridized carbons (Fsp3) is 0.250. The van der Waals surface area contributed by atoms with Crippen LogP contribution in [0.3, 0.4) is 0 Å². The van der Waals surface area contributed by atoms with E-state index in [1.54, 1.807) is 31.3 Å². The van der Waals surface area contributed by atoms with Gasteiger partial charge in [-0.1, -0.05) is 25.4 Å². The molecule has 1 aromatic heterocycles. The number of phenolic OH excluding ortho intramolecular Hbond substituents is 1. The number of hydrogen-bond donors (Lipinski definition) is 1. The maximum absolute atomic E-state index is 12.5. The van der Waals surface area contributed by atoms with Crippen LogP contribution in [0.4, 0.5) is 5.69 Å². The third-order valence-electron chi connectivity index (χ3n) is 3.19. The van der Waals surface area contributed by atoms with Crippen molar-refractivity contribution in [1.82, 2.24) is 4.98 Å². The number of amides is 1. The number of anilines is 1. The summed E-state index contributed by atoms with van der Waals surface area (Å²) in [6, 6.07) is 9.76. The van der Waals surface area contributed by atoms with Gasteiger partial charge in [0.15, 0.2) is 0 Å². The summed E-state index contributed by atoms with van der Waals surface area (Å²) in [6.45, 7) is 3.99. The molecular formula is C16H17ClN2O2. The van der Waals surface area contributed by atoms with E-state index < -0.39 is 0 Å². The van der Waals surface area contributed by atoms with Crippen LogP contribution in [0.15, 0.2) is 36.4 Å². The van der Waals surface area contributed by atoms with Crippen LogP contribution in [-0.4, -0.2) is 23.0 Å². The topological polar surface area (TPSA) is 53.4 Å². The second kappa shape index (κ2) is 6.14. The summed E-state index contributed by atoms with van der Waals surface area (Å²) in [4.78, 5) is 18.3. The molecule has 110 valence electrons. The molecule has 2 rings (SSSR count). The molecule has 0 bridgehead atoms. The standard InChI is InChI=1S/C16H17ClN2O2/c1-10(2)14-8-11(9-15(17)18-14)16(21)19(3)12-4-6-13(20)7-5-12/h4-10,20H,1-3H3. The van der Waals surface area contributed by atoms with E-state index >= 15 is 0 Å². The summed E-state index contributed by atoms with van der Waals surface area (Å²) < 4.78 is 0. The molecule has 0 saturated heterocycles. The number of nitrogens with zero attached hydrogens (tertiary/aromatic N) is 2. The van der Waals surface area contributed by atoms with Gasteiger partial charge in [-0.15, -0.1) is 0 Å². The number of carbonyl (C=O) groups excluding carboxylic acids is 1. The largest absolute Gasteiger partial charge is 0.508 e. The molecule has 0 atom stereocenters. The number of aromatic nitrogens is 1. The third-order valence-corrected chi connectivity index (χ3v) is 3.39. The zero-order valence-electron chi connectivity index (χ0n) is 12.2. The van der Waals surface area contributed by atoms with Crippen LogP contribution in [-0.2, 0) is 0 Å². The first-order chi connectivity index (χ1) is 9.88. The summed E-state index contributed by atoms with van der Waals surface area (Å²) in [7, 11) is 1.68. The van der Waals surface area contributed by atoms with Crippen LogP contribution in [0, 0.1) is 0 Å². The summed E-state index contributed by atoms with van der Waals surface area (Å²) in [5.41, 5.74) is 1.97. The van der Waals surface area contributed by atoms with Gasteiger partial charge in [-0.05, 0) is 42.3 Å². The Labute approximate surface area is 129 Å². The Morgan fingerprint density at radius 1 is 1.24 bits per heavy atom. The fourth-order valence-electron chi connectivity index (χ4n) is 1.92. The Hall–Kier alpha value is -2.07. The minimum absolute atomic E-state index is 0.161. The molecular weight excluding hydrogens is 288 g/mol. The van der Waals surface area contributed by atoms with Gasteiger partial charge in [0.2, 0.25) is 0 Å². The summed E-state index contributed by atoms with van der Waals surface area (Å²) in [6.07, 6.45) is 0. The van der Waals surface area contributed by atoms with E-state index in [9.17, 15) is 9.90 Å². The Morgan fingerprint density at radius 2 is 1.86 bits per heavy atom. The van der Waals surface area contributed by atoms with Crippen molar-refractivity contribution >= 4 is 23.2 Å². The zero-order valence-corrected chi connectivity index (χ0v) is 12.9. The monoisotopic (exact) mass is 304 g/mol. The smallest absolute Gasteiger partial charge is 0.258 e. The minimum Gasteiger partial charge on any atom is -0.508 e. The summed E-state index contributed by atoms with van der Waals surface area (Å²) in [5.74, 6) is 0.176. The SMILES string of the molecule is CC(C)c1cc(C(=O)N(C)c2ccc(O)cc2)cc(Cl)n1. The van der Waals surface area contributed by atoms with Crippen molar-refractivity contribution in [3.63, 3.8) is 0 Å². The normalized spacial score (nSPS) is 10.7. The Bertz CT molecular complexity index is 654. The maximum atomic E-state index is 12.5. The van der Waals surface area contributed by atoms with Crippen LogP contribution in [0.1, 0.15) is 35.8 Å². The molecule has 0 saturated carbocycles. The molecule has 0 fully saturated rings. The third kappa shape index (κ3) is 3.52. The van der Waals surface area contributed by atoms with Crippen molar-refractivity contribution in [1.29, 1.82) is 0 Å². The average Bonchev–Trinajstić information content (AvgIpc) is 2.45. The maximum Gasteiger partial charge on any atom is 0.258 e. The number of phenols is 1. The lowest BCUT2D eigenvalue weighted by atomic mass is 10.1. The number of carbonyl (C=O) groups is 1. The first kappa shape index (κ1) is 15.3.